The maximum Gasteiger partial charge on any atom is 0.123 e. The third-order valence-electron chi connectivity index (χ3n) is 4.72. The van der Waals surface area contributed by atoms with E-state index in [1.54, 1.807) is 7.11 Å². The number of ether oxygens (including phenoxy) is 1. The molecule has 1 fully saturated rings. The van der Waals surface area contributed by atoms with E-state index in [0.717, 1.165) is 17.9 Å². The fourth-order valence-corrected chi connectivity index (χ4v) is 3.14. The molecule has 0 bridgehead atoms. The van der Waals surface area contributed by atoms with Gasteiger partial charge in [0, 0.05) is 23.6 Å². The Morgan fingerprint density at radius 1 is 1.32 bits per heavy atom. The molecule has 1 aliphatic rings. The van der Waals surface area contributed by atoms with Gasteiger partial charge >= 0.3 is 0 Å². The van der Waals surface area contributed by atoms with Crippen LogP contribution in [-0.2, 0) is 0 Å². The van der Waals surface area contributed by atoms with Crippen LogP contribution in [0.5, 0.6) is 5.75 Å². The van der Waals surface area contributed by atoms with Crippen LogP contribution in [0.2, 0.25) is 0 Å². The minimum absolute atomic E-state index is 0.0444. The molecule has 2 rings (SSSR count). The minimum atomic E-state index is 0.0444. The third kappa shape index (κ3) is 2.49. The Bertz CT molecular complexity index is 452. The van der Waals surface area contributed by atoms with E-state index in [1.165, 1.54) is 30.4 Å². The number of methoxy groups -OCH3 is 1. The summed E-state index contributed by atoms with van der Waals surface area (Å²) in [5, 5.41) is 3.30. The molecule has 3 heteroatoms. The normalized spacial score (nSPS) is 18.8. The molecule has 3 nitrogen and oxygen atoms in total. The number of hydrogen-bond donors (Lipinski definition) is 2. The monoisotopic (exact) mass is 262 g/mol. The Morgan fingerprint density at radius 2 is 1.95 bits per heavy atom. The first-order valence-electron chi connectivity index (χ1n) is 7.09. The van der Waals surface area contributed by atoms with Crippen LogP contribution in [-0.4, -0.2) is 20.7 Å². The lowest BCUT2D eigenvalue weighted by atomic mass is 9.62. The topological polar surface area (TPSA) is 47.3 Å². The number of nitrogens with two attached hydrogens (primary N) is 1. The Kier molecular flexibility index (Phi) is 4.16. The summed E-state index contributed by atoms with van der Waals surface area (Å²) >= 11 is 0. The van der Waals surface area contributed by atoms with Gasteiger partial charge in [0.15, 0.2) is 0 Å². The number of hydrogen-bond acceptors (Lipinski definition) is 3. The van der Waals surface area contributed by atoms with Crippen molar-refractivity contribution < 1.29 is 4.74 Å². The van der Waals surface area contributed by atoms with Gasteiger partial charge in [0.2, 0.25) is 0 Å². The lowest BCUT2D eigenvalue weighted by molar-refractivity contribution is 0.0934. The maximum absolute atomic E-state index is 6.60. The minimum Gasteiger partial charge on any atom is -0.496 e. The summed E-state index contributed by atoms with van der Waals surface area (Å²) < 4.78 is 5.54. The van der Waals surface area contributed by atoms with Crippen molar-refractivity contribution in [3.05, 3.63) is 28.8 Å². The van der Waals surface area contributed by atoms with E-state index >= 15 is 0 Å². The van der Waals surface area contributed by atoms with Gasteiger partial charge in [-0.3, -0.25) is 0 Å². The Balaban J connectivity index is 2.37. The van der Waals surface area contributed by atoms with Crippen molar-refractivity contribution in [3.63, 3.8) is 0 Å². The second-order valence-corrected chi connectivity index (χ2v) is 5.90. The van der Waals surface area contributed by atoms with Crippen LogP contribution in [0, 0.1) is 19.3 Å². The molecule has 0 heterocycles. The van der Waals surface area contributed by atoms with Crippen molar-refractivity contribution in [2.24, 2.45) is 11.1 Å². The summed E-state index contributed by atoms with van der Waals surface area (Å²) in [6.45, 7) is 5.22. The third-order valence-corrected chi connectivity index (χ3v) is 4.72. The highest BCUT2D eigenvalue weighted by Crippen LogP contribution is 2.50. The molecule has 1 unspecified atom stereocenters. The van der Waals surface area contributed by atoms with Crippen molar-refractivity contribution in [2.75, 3.05) is 20.7 Å². The molecular formula is C16H26N2O. The summed E-state index contributed by atoms with van der Waals surface area (Å²) in [5.74, 6) is 0.929. The largest absolute Gasteiger partial charge is 0.496 e. The van der Waals surface area contributed by atoms with Crippen LogP contribution in [0.15, 0.2) is 12.1 Å². The summed E-state index contributed by atoms with van der Waals surface area (Å²) in [5.41, 5.74) is 10.5. The van der Waals surface area contributed by atoms with Gasteiger partial charge in [0.05, 0.1) is 7.11 Å². The molecular weight excluding hydrogens is 236 g/mol. The van der Waals surface area contributed by atoms with Gasteiger partial charge in [-0.25, -0.2) is 0 Å². The van der Waals surface area contributed by atoms with Crippen molar-refractivity contribution in [3.8, 4) is 5.75 Å². The summed E-state index contributed by atoms with van der Waals surface area (Å²) in [6.07, 6.45) is 3.68. The Labute approximate surface area is 116 Å². The quantitative estimate of drug-likeness (QED) is 0.857. The van der Waals surface area contributed by atoms with Gasteiger partial charge in [-0.2, -0.15) is 0 Å². The smallest absolute Gasteiger partial charge is 0.123 e. The predicted molar refractivity (Wildman–Crippen MR) is 79.6 cm³/mol. The zero-order chi connectivity index (χ0) is 14.0. The maximum atomic E-state index is 6.60. The second-order valence-electron chi connectivity index (χ2n) is 5.90. The van der Waals surface area contributed by atoms with Crippen LogP contribution in [0.4, 0.5) is 0 Å². The van der Waals surface area contributed by atoms with Crippen molar-refractivity contribution in [1.29, 1.82) is 0 Å². The molecule has 1 saturated carbocycles. The van der Waals surface area contributed by atoms with Crippen LogP contribution in [0.25, 0.3) is 0 Å². The fourth-order valence-electron chi connectivity index (χ4n) is 3.14. The number of nitrogens with one attached hydrogen (secondary N) is 1. The molecule has 1 aromatic carbocycles. The van der Waals surface area contributed by atoms with Crippen molar-refractivity contribution in [2.45, 2.75) is 39.2 Å². The molecule has 106 valence electrons. The van der Waals surface area contributed by atoms with Crippen LogP contribution in [0.1, 0.15) is 42.0 Å². The summed E-state index contributed by atoms with van der Waals surface area (Å²) in [4.78, 5) is 0. The SMILES string of the molecule is CNCC1(C(N)c2cc(C)c(C)cc2OC)CCC1. The van der Waals surface area contributed by atoms with Gasteiger partial charge < -0.3 is 15.8 Å². The standard InChI is InChI=1S/C16H26N2O/c1-11-8-13(14(19-4)9-12(11)2)15(17)16(10-18-3)6-5-7-16/h8-9,15,18H,5-7,10,17H2,1-4H3. The van der Waals surface area contributed by atoms with Crippen LogP contribution in [0.3, 0.4) is 0 Å². The first-order chi connectivity index (χ1) is 9.04. The molecule has 0 radical (unpaired) electrons. The van der Waals surface area contributed by atoms with Gasteiger partial charge in [0.25, 0.3) is 0 Å². The molecule has 0 saturated heterocycles. The average Bonchev–Trinajstić information content (AvgIpc) is 2.35. The lowest BCUT2D eigenvalue weighted by Gasteiger charge is -2.47. The van der Waals surface area contributed by atoms with Crippen LogP contribution < -0.4 is 15.8 Å². The zero-order valence-electron chi connectivity index (χ0n) is 12.5. The molecule has 0 aromatic heterocycles. The lowest BCUT2D eigenvalue weighted by Crippen LogP contribution is -2.47. The molecule has 19 heavy (non-hydrogen) atoms. The van der Waals surface area contributed by atoms with E-state index in [9.17, 15) is 0 Å². The first kappa shape index (κ1) is 14.4. The van der Waals surface area contributed by atoms with E-state index in [-0.39, 0.29) is 11.5 Å². The van der Waals surface area contributed by atoms with Crippen molar-refractivity contribution >= 4 is 0 Å². The molecule has 0 aliphatic heterocycles. The van der Waals surface area contributed by atoms with E-state index < -0.39 is 0 Å². The van der Waals surface area contributed by atoms with E-state index in [4.69, 9.17) is 10.5 Å². The highest BCUT2D eigenvalue weighted by atomic mass is 16.5. The molecule has 0 amide bonds. The van der Waals surface area contributed by atoms with Gasteiger partial charge in [0.1, 0.15) is 5.75 Å². The number of aryl methyl sites for hydroxylation is 2. The van der Waals surface area contributed by atoms with E-state index in [1.807, 2.05) is 7.05 Å². The first-order valence-corrected chi connectivity index (χ1v) is 7.09. The molecule has 1 atom stereocenters. The van der Waals surface area contributed by atoms with Gasteiger partial charge in [-0.1, -0.05) is 12.5 Å². The molecule has 3 N–H and O–H groups in total. The Morgan fingerprint density at radius 3 is 2.42 bits per heavy atom. The molecule has 0 spiro atoms. The number of rotatable bonds is 5. The fraction of sp³-hybridized carbons (Fsp3) is 0.625. The van der Waals surface area contributed by atoms with E-state index in [2.05, 4.69) is 31.3 Å². The average molecular weight is 262 g/mol. The van der Waals surface area contributed by atoms with Crippen LogP contribution >= 0.6 is 0 Å². The Hall–Kier alpha value is -1.06. The van der Waals surface area contributed by atoms with Gasteiger partial charge in [-0.05, 0) is 50.9 Å². The summed E-state index contributed by atoms with van der Waals surface area (Å²) in [6, 6.07) is 4.35. The second kappa shape index (κ2) is 5.51. The highest BCUT2D eigenvalue weighted by Gasteiger charge is 2.43. The van der Waals surface area contributed by atoms with Crippen molar-refractivity contribution in [1.82, 2.24) is 5.32 Å². The number of benzene rings is 1. The molecule has 1 aliphatic carbocycles. The predicted octanol–water partition coefficient (Wildman–Crippen LogP) is 2.70. The van der Waals surface area contributed by atoms with E-state index in [0.29, 0.717) is 0 Å². The molecule has 1 aromatic rings. The zero-order valence-corrected chi connectivity index (χ0v) is 12.5. The van der Waals surface area contributed by atoms with Gasteiger partial charge in [-0.15, -0.1) is 0 Å². The highest BCUT2D eigenvalue weighted by molar-refractivity contribution is 5.44. The summed E-state index contributed by atoms with van der Waals surface area (Å²) in [7, 11) is 3.73.